The molecule has 1 atom stereocenters. The number of rotatable bonds is 1. The van der Waals surface area contributed by atoms with Gasteiger partial charge in [-0.2, -0.15) is 5.26 Å². The van der Waals surface area contributed by atoms with Gasteiger partial charge in [0.15, 0.2) is 0 Å². The van der Waals surface area contributed by atoms with Crippen molar-refractivity contribution in [3.63, 3.8) is 0 Å². The Labute approximate surface area is 89.9 Å². The zero-order chi connectivity index (χ0) is 10.8. The molecule has 3 nitrogen and oxygen atoms in total. The van der Waals surface area contributed by atoms with Crippen LogP contribution in [0.1, 0.15) is 12.0 Å². The summed E-state index contributed by atoms with van der Waals surface area (Å²) in [7, 11) is 2.02. The molecule has 1 aromatic carbocycles. The summed E-state index contributed by atoms with van der Waals surface area (Å²) in [6.45, 7) is 2.65. The van der Waals surface area contributed by atoms with Crippen LogP contribution in [0.2, 0.25) is 0 Å². The lowest BCUT2D eigenvalue weighted by Gasteiger charge is -2.34. The second-order valence-corrected chi connectivity index (χ2v) is 3.91. The molecule has 0 aliphatic carbocycles. The summed E-state index contributed by atoms with van der Waals surface area (Å²) in [6, 6.07) is 8.49. The Morgan fingerprint density at radius 1 is 1.60 bits per heavy atom. The van der Waals surface area contributed by atoms with E-state index in [1.165, 1.54) is 5.56 Å². The molecule has 0 fully saturated rings. The average Bonchev–Trinajstić information content (AvgIpc) is 2.23. The van der Waals surface area contributed by atoms with E-state index in [2.05, 4.69) is 24.0 Å². The molecule has 0 saturated heterocycles. The number of aryl methyl sites for hydroxylation is 1. The molecule has 78 valence electrons. The van der Waals surface area contributed by atoms with Crippen molar-refractivity contribution in [1.29, 1.82) is 5.26 Å². The van der Waals surface area contributed by atoms with Crippen molar-refractivity contribution >= 4 is 5.69 Å². The summed E-state index contributed by atoms with van der Waals surface area (Å²) < 4.78 is 5.62. The number of nitrogens with zero attached hydrogens (tertiary/aromatic N) is 2. The fraction of sp³-hybridized carbons (Fsp3) is 0.417. The van der Waals surface area contributed by atoms with E-state index >= 15 is 0 Å². The van der Waals surface area contributed by atoms with Gasteiger partial charge in [-0.1, -0.05) is 6.07 Å². The summed E-state index contributed by atoms with van der Waals surface area (Å²) in [4.78, 5) is 2.13. The number of hydrogen-bond donors (Lipinski definition) is 0. The maximum atomic E-state index is 8.71. The smallest absolute Gasteiger partial charge is 0.142 e. The SMILES string of the molecule is Cc1ccc2c(c1)N(C)C(CC#N)CO2. The first-order valence-corrected chi connectivity index (χ1v) is 5.05. The molecule has 1 aliphatic heterocycles. The van der Waals surface area contributed by atoms with E-state index in [1.807, 2.05) is 19.2 Å². The van der Waals surface area contributed by atoms with Gasteiger partial charge in [0.05, 0.1) is 24.2 Å². The molecule has 1 aliphatic rings. The van der Waals surface area contributed by atoms with Crippen molar-refractivity contribution in [2.45, 2.75) is 19.4 Å². The Morgan fingerprint density at radius 2 is 2.40 bits per heavy atom. The minimum Gasteiger partial charge on any atom is -0.489 e. The Hall–Kier alpha value is -1.69. The predicted molar refractivity (Wildman–Crippen MR) is 59.1 cm³/mol. The van der Waals surface area contributed by atoms with Crippen molar-refractivity contribution in [2.24, 2.45) is 0 Å². The van der Waals surface area contributed by atoms with Crippen molar-refractivity contribution in [3.05, 3.63) is 23.8 Å². The first-order valence-electron chi connectivity index (χ1n) is 5.05. The highest BCUT2D eigenvalue weighted by Crippen LogP contribution is 2.34. The molecule has 0 spiro atoms. The van der Waals surface area contributed by atoms with E-state index in [9.17, 15) is 0 Å². The van der Waals surface area contributed by atoms with Crippen LogP contribution in [0.15, 0.2) is 18.2 Å². The summed E-state index contributed by atoms with van der Waals surface area (Å²) in [5.41, 5.74) is 2.29. The molecule has 1 heterocycles. The molecule has 0 bridgehead atoms. The van der Waals surface area contributed by atoms with Gasteiger partial charge in [-0.3, -0.25) is 0 Å². The highest BCUT2D eigenvalue weighted by molar-refractivity contribution is 5.61. The van der Waals surface area contributed by atoms with Gasteiger partial charge in [0.1, 0.15) is 12.4 Å². The van der Waals surface area contributed by atoms with Gasteiger partial charge in [-0.05, 0) is 24.6 Å². The summed E-state index contributed by atoms with van der Waals surface area (Å²) in [5.74, 6) is 0.914. The molecular weight excluding hydrogens is 188 g/mol. The van der Waals surface area contributed by atoms with Crippen molar-refractivity contribution in [1.82, 2.24) is 0 Å². The van der Waals surface area contributed by atoms with E-state index in [-0.39, 0.29) is 6.04 Å². The molecule has 2 rings (SSSR count). The second kappa shape index (κ2) is 3.82. The highest BCUT2D eigenvalue weighted by atomic mass is 16.5. The van der Waals surface area contributed by atoms with Gasteiger partial charge < -0.3 is 9.64 Å². The lowest BCUT2D eigenvalue weighted by molar-refractivity contribution is 0.268. The van der Waals surface area contributed by atoms with E-state index < -0.39 is 0 Å². The van der Waals surface area contributed by atoms with Gasteiger partial charge in [-0.25, -0.2) is 0 Å². The molecule has 0 radical (unpaired) electrons. The van der Waals surface area contributed by atoms with E-state index in [4.69, 9.17) is 10.00 Å². The maximum absolute atomic E-state index is 8.71. The van der Waals surface area contributed by atoms with Crippen LogP contribution in [0.3, 0.4) is 0 Å². The van der Waals surface area contributed by atoms with Crippen molar-refractivity contribution in [3.8, 4) is 11.8 Å². The Kier molecular flexibility index (Phi) is 2.51. The van der Waals surface area contributed by atoms with Gasteiger partial charge in [0.25, 0.3) is 0 Å². The second-order valence-electron chi connectivity index (χ2n) is 3.91. The third kappa shape index (κ3) is 1.75. The van der Waals surface area contributed by atoms with Crippen LogP contribution in [0.25, 0.3) is 0 Å². The number of nitriles is 1. The Morgan fingerprint density at radius 3 is 3.13 bits per heavy atom. The zero-order valence-electron chi connectivity index (χ0n) is 9.03. The fourth-order valence-electron chi connectivity index (χ4n) is 1.82. The first kappa shape index (κ1) is 9.85. The number of anilines is 1. The van der Waals surface area contributed by atoms with Crippen LogP contribution in [0.5, 0.6) is 5.75 Å². The summed E-state index contributed by atoms with van der Waals surface area (Å²) in [5, 5.41) is 8.71. The third-order valence-corrected chi connectivity index (χ3v) is 2.80. The van der Waals surface area contributed by atoms with E-state index in [1.54, 1.807) is 0 Å². The molecule has 1 unspecified atom stereocenters. The summed E-state index contributed by atoms with van der Waals surface area (Å²) >= 11 is 0. The minimum absolute atomic E-state index is 0.171. The molecule has 0 saturated carbocycles. The van der Waals surface area contributed by atoms with Crippen LogP contribution in [-0.2, 0) is 0 Å². The number of ether oxygens (including phenoxy) is 1. The van der Waals surface area contributed by atoms with E-state index in [0.717, 1.165) is 11.4 Å². The van der Waals surface area contributed by atoms with Crippen LogP contribution in [0.4, 0.5) is 5.69 Å². The molecule has 15 heavy (non-hydrogen) atoms. The highest BCUT2D eigenvalue weighted by Gasteiger charge is 2.24. The Bertz CT molecular complexity index is 409. The number of benzene rings is 1. The predicted octanol–water partition coefficient (Wildman–Crippen LogP) is 2.11. The minimum atomic E-state index is 0.171. The quantitative estimate of drug-likeness (QED) is 0.699. The van der Waals surface area contributed by atoms with Gasteiger partial charge in [-0.15, -0.1) is 0 Å². The average molecular weight is 202 g/mol. The van der Waals surface area contributed by atoms with Crippen LogP contribution in [-0.4, -0.2) is 19.7 Å². The summed E-state index contributed by atoms with van der Waals surface area (Å²) in [6.07, 6.45) is 0.504. The number of fused-ring (bicyclic) bond motifs is 1. The third-order valence-electron chi connectivity index (χ3n) is 2.80. The topological polar surface area (TPSA) is 36.3 Å². The number of likely N-dealkylation sites (N-methyl/N-ethyl adjacent to an activating group) is 1. The zero-order valence-corrected chi connectivity index (χ0v) is 9.03. The molecular formula is C12H14N2O. The molecule has 3 heteroatoms. The monoisotopic (exact) mass is 202 g/mol. The van der Waals surface area contributed by atoms with Gasteiger partial charge in [0, 0.05) is 7.05 Å². The lowest BCUT2D eigenvalue weighted by Crippen LogP contribution is -2.40. The molecule has 0 N–H and O–H groups in total. The standard InChI is InChI=1S/C12H14N2O/c1-9-3-4-12-11(7-9)14(2)10(5-6-13)8-15-12/h3-4,7,10H,5,8H2,1-2H3. The molecule has 1 aromatic rings. The van der Waals surface area contributed by atoms with Gasteiger partial charge >= 0.3 is 0 Å². The van der Waals surface area contributed by atoms with E-state index in [0.29, 0.717) is 13.0 Å². The number of hydrogen-bond acceptors (Lipinski definition) is 3. The van der Waals surface area contributed by atoms with Crippen LogP contribution in [0, 0.1) is 18.3 Å². The largest absolute Gasteiger partial charge is 0.489 e. The Balaban J connectivity index is 2.32. The fourth-order valence-corrected chi connectivity index (χ4v) is 1.82. The van der Waals surface area contributed by atoms with Gasteiger partial charge in [0.2, 0.25) is 0 Å². The first-order chi connectivity index (χ1) is 7.22. The van der Waals surface area contributed by atoms with Crippen LogP contribution < -0.4 is 9.64 Å². The van der Waals surface area contributed by atoms with Crippen LogP contribution >= 0.6 is 0 Å². The normalized spacial score (nSPS) is 19.0. The molecule has 0 amide bonds. The maximum Gasteiger partial charge on any atom is 0.142 e. The van der Waals surface area contributed by atoms with Crippen molar-refractivity contribution < 1.29 is 4.74 Å². The van der Waals surface area contributed by atoms with Crippen molar-refractivity contribution in [2.75, 3.05) is 18.6 Å². The lowest BCUT2D eigenvalue weighted by atomic mass is 10.1. The molecule has 0 aromatic heterocycles.